The summed E-state index contributed by atoms with van der Waals surface area (Å²) in [5.41, 5.74) is 0. The Bertz CT molecular complexity index is 256. The molecule has 0 atom stereocenters. The van der Waals surface area contributed by atoms with Crippen molar-refractivity contribution in [1.29, 1.82) is 0 Å². The normalized spacial score (nSPS) is 18.6. The highest BCUT2D eigenvalue weighted by Crippen LogP contribution is 2.46. The number of likely N-dealkylation sites (N-methyl/N-ethyl adjacent to an activating group) is 1. The summed E-state index contributed by atoms with van der Waals surface area (Å²) in [6.45, 7) is 1.84. The minimum atomic E-state index is 0. The quantitative estimate of drug-likeness (QED) is 0.680. The first kappa shape index (κ1) is 15.7. The van der Waals surface area contributed by atoms with Gasteiger partial charge in [-0.15, -0.1) is 12.4 Å². The number of hydrogen-bond acceptors (Lipinski definition) is 3. The van der Waals surface area contributed by atoms with Crippen LogP contribution in [0.1, 0.15) is 25.7 Å². The van der Waals surface area contributed by atoms with Gasteiger partial charge in [0.25, 0.3) is 0 Å². The smallest absolute Gasteiger partial charge is 0.236 e. The van der Waals surface area contributed by atoms with E-state index in [1.807, 2.05) is 11.9 Å². The van der Waals surface area contributed by atoms with E-state index in [9.17, 15) is 4.79 Å². The summed E-state index contributed by atoms with van der Waals surface area (Å²) in [6, 6.07) is 0.520. The van der Waals surface area contributed by atoms with Crippen molar-refractivity contribution in [3.8, 4) is 0 Å². The van der Waals surface area contributed by atoms with Gasteiger partial charge < -0.3 is 15.0 Å². The van der Waals surface area contributed by atoms with E-state index >= 15 is 0 Å². The van der Waals surface area contributed by atoms with Gasteiger partial charge in [0.05, 0.1) is 13.2 Å². The number of carbonyl (C=O) groups excluding carboxylic acids is 1. The van der Waals surface area contributed by atoms with Crippen molar-refractivity contribution in [2.45, 2.75) is 31.7 Å². The van der Waals surface area contributed by atoms with Crippen molar-refractivity contribution in [1.82, 2.24) is 10.2 Å². The number of hydrogen-bond donors (Lipinski definition) is 1. The zero-order chi connectivity index (χ0) is 12.3. The molecule has 18 heavy (non-hydrogen) atoms. The number of rotatable bonds is 8. The monoisotopic (exact) mass is 276 g/mol. The Kier molecular flexibility index (Phi) is 6.39. The molecule has 0 aromatic rings. The van der Waals surface area contributed by atoms with Crippen LogP contribution in [0.25, 0.3) is 0 Å². The van der Waals surface area contributed by atoms with Gasteiger partial charge in [-0.25, -0.2) is 0 Å². The van der Waals surface area contributed by atoms with Crippen LogP contribution in [0.5, 0.6) is 0 Å². The Morgan fingerprint density at radius 2 is 1.89 bits per heavy atom. The van der Waals surface area contributed by atoms with Crippen molar-refractivity contribution in [3.63, 3.8) is 0 Å². The van der Waals surface area contributed by atoms with Gasteiger partial charge in [0, 0.05) is 26.7 Å². The molecule has 0 unspecified atom stereocenters. The first-order valence-corrected chi connectivity index (χ1v) is 6.69. The molecule has 2 fully saturated rings. The predicted molar refractivity (Wildman–Crippen MR) is 74.0 cm³/mol. The van der Waals surface area contributed by atoms with Crippen LogP contribution >= 0.6 is 12.4 Å². The number of methoxy groups -OCH3 is 1. The van der Waals surface area contributed by atoms with Gasteiger partial charge in [-0.2, -0.15) is 0 Å². The topological polar surface area (TPSA) is 41.6 Å². The average molecular weight is 277 g/mol. The fourth-order valence-corrected chi connectivity index (χ4v) is 2.55. The summed E-state index contributed by atoms with van der Waals surface area (Å²) in [5, 5.41) is 3.12. The predicted octanol–water partition coefficient (Wildman–Crippen LogP) is 1.29. The highest BCUT2D eigenvalue weighted by atomic mass is 35.5. The first-order valence-electron chi connectivity index (χ1n) is 6.69. The van der Waals surface area contributed by atoms with Gasteiger partial charge in [-0.1, -0.05) is 0 Å². The molecule has 2 aliphatic rings. The summed E-state index contributed by atoms with van der Waals surface area (Å²) in [5.74, 6) is 1.80. The van der Waals surface area contributed by atoms with Crippen LogP contribution < -0.4 is 5.32 Å². The third-order valence-corrected chi connectivity index (χ3v) is 3.81. The van der Waals surface area contributed by atoms with E-state index in [2.05, 4.69) is 5.32 Å². The molecule has 0 radical (unpaired) electrons. The maximum absolute atomic E-state index is 12.0. The van der Waals surface area contributed by atoms with Crippen LogP contribution in [-0.2, 0) is 9.53 Å². The van der Waals surface area contributed by atoms with Crippen LogP contribution in [0.3, 0.4) is 0 Å². The van der Waals surface area contributed by atoms with Crippen LogP contribution in [-0.4, -0.2) is 50.7 Å². The molecule has 0 aromatic carbocycles. The van der Waals surface area contributed by atoms with E-state index in [-0.39, 0.29) is 18.3 Å². The number of carbonyl (C=O) groups is 1. The summed E-state index contributed by atoms with van der Waals surface area (Å²) in [7, 11) is 3.65. The maximum Gasteiger partial charge on any atom is 0.236 e. The minimum Gasteiger partial charge on any atom is -0.383 e. The Hall–Kier alpha value is -0.320. The lowest BCUT2D eigenvalue weighted by Crippen LogP contribution is -2.44. The zero-order valence-electron chi connectivity index (χ0n) is 11.4. The molecule has 0 saturated heterocycles. The molecule has 0 aromatic heterocycles. The molecule has 2 rings (SSSR count). The molecule has 2 saturated carbocycles. The van der Waals surface area contributed by atoms with Gasteiger partial charge in [0.1, 0.15) is 0 Å². The molecule has 0 aliphatic heterocycles. The molecule has 106 valence electrons. The lowest BCUT2D eigenvalue weighted by atomic mass is 10.1. The summed E-state index contributed by atoms with van der Waals surface area (Å²) in [6.07, 6.45) is 5.26. The number of nitrogens with zero attached hydrogens (tertiary/aromatic N) is 1. The zero-order valence-corrected chi connectivity index (χ0v) is 12.2. The van der Waals surface area contributed by atoms with Crippen LogP contribution in [0.15, 0.2) is 0 Å². The Labute approximate surface area is 116 Å². The molecule has 1 N–H and O–H groups in total. The van der Waals surface area contributed by atoms with E-state index in [0.717, 1.165) is 18.4 Å². The third-order valence-electron chi connectivity index (χ3n) is 3.81. The maximum atomic E-state index is 12.0. The average Bonchev–Trinajstić information content (AvgIpc) is 3.16. The summed E-state index contributed by atoms with van der Waals surface area (Å²) < 4.78 is 4.94. The molecule has 0 bridgehead atoms. The second-order valence-electron chi connectivity index (χ2n) is 5.34. The van der Waals surface area contributed by atoms with Crippen molar-refractivity contribution in [2.24, 2.45) is 11.8 Å². The van der Waals surface area contributed by atoms with Gasteiger partial charge in [0.15, 0.2) is 0 Å². The molecule has 1 amide bonds. The van der Waals surface area contributed by atoms with E-state index in [0.29, 0.717) is 19.2 Å². The Morgan fingerprint density at radius 1 is 1.33 bits per heavy atom. The van der Waals surface area contributed by atoms with Gasteiger partial charge in [-0.3, -0.25) is 4.79 Å². The lowest BCUT2D eigenvalue weighted by molar-refractivity contribution is -0.131. The van der Waals surface area contributed by atoms with Crippen LogP contribution in [0.2, 0.25) is 0 Å². The molecule has 2 aliphatic carbocycles. The van der Waals surface area contributed by atoms with E-state index in [1.165, 1.54) is 25.7 Å². The summed E-state index contributed by atoms with van der Waals surface area (Å²) >= 11 is 0. The van der Waals surface area contributed by atoms with Gasteiger partial charge >= 0.3 is 0 Å². The van der Waals surface area contributed by atoms with Crippen LogP contribution in [0.4, 0.5) is 0 Å². The van der Waals surface area contributed by atoms with Crippen molar-refractivity contribution >= 4 is 18.3 Å². The second-order valence-corrected chi connectivity index (χ2v) is 5.34. The van der Waals surface area contributed by atoms with E-state index < -0.39 is 0 Å². The number of ether oxygens (including phenoxy) is 1. The van der Waals surface area contributed by atoms with E-state index in [1.54, 1.807) is 7.11 Å². The van der Waals surface area contributed by atoms with Crippen molar-refractivity contribution in [2.75, 3.05) is 33.9 Å². The molecule has 0 spiro atoms. The number of halogens is 1. The van der Waals surface area contributed by atoms with E-state index in [4.69, 9.17) is 4.74 Å². The fourth-order valence-electron chi connectivity index (χ4n) is 2.55. The summed E-state index contributed by atoms with van der Waals surface area (Å²) in [4.78, 5) is 14.0. The molecule has 5 heteroatoms. The fraction of sp³-hybridized carbons (Fsp3) is 0.923. The minimum absolute atomic E-state index is 0. The molecular formula is C13H25ClN2O2. The molecule has 0 heterocycles. The van der Waals surface area contributed by atoms with Crippen molar-refractivity contribution in [3.05, 3.63) is 0 Å². The van der Waals surface area contributed by atoms with Gasteiger partial charge in [-0.05, 0) is 37.5 Å². The van der Waals surface area contributed by atoms with Crippen LogP contribution in [0, 0.1) is 11.8 Å². The largest absolute Gasteiger partial charge is 0.383 e. The number of nitrogens with one attached hydrogen (secondary N) is 1. The highest BCUT2D eigenvalue weighted by molar-refractivity contribution is 5.85. The first-order chi connectivity index (χ1) is 8.24. The molecule has 4 nitrogen and oxygen atoms in total. The third kappa shape index (κ3) is 4.41. The van der Waals surface area contributed by atoms with Crippen molar-refractivity contribution < 1.29 is 9.53 Å². The lowest BCUT2D eigenvalue weighted by Gasteiger charge is -2.28. The standard InChI is InChI=1S/C13H24N2O2.ClH/c1-15(12(16)9-14-7-8-17-2)13(10-3-4-10)11-5-6-11;/h10-11,13-14H,3-9H2,1-2H3;1H. The Morgan fingerprint density at radius 3 is 2.33 bits per heavy atom. The second kappa shape index (κ2) is 7.31. The number of amides is 1. The van der Waals surface area contributed by atoms with Gasteiger partial charge in [0.2, 0.25) is 5.91 Å². The highest BCUT2D eigenvalue weighted by Gasteiger charge is 2.44. The molecular weight excluding hydrogens is 252 g/mol. The Balaban J connectivity index is 0.00000162. The SMILES string of the molecule is COCCNCC(=O)N(C)C(C1CC1)C1CC1.Cl.